The van der Waals surface area contributed by atoms with Crippen LogP contribution in [0, 0.1) is 0 Å². The highest BCUT2D eigenvalue weighted by Gasteiger charge is 2.44. The third kappa shape index (κ3) is 1.57. The van der Waals surface area contributed by atoms with E-state index in [9.17, 15) is 4.79 Å². The van der Waals surface area contributed by atoms with Gasteiger partial charge in [-0.3, -0.25) is 9.78 Å². The van der Waals surface area contributed by atoms with E-state index in [-0.39, 0.29) is 11.2 Å². The molecule has 1 saturated heterocycles. The molecule has 1 N–H and O–H groups in total. The molecule has 5 heteroatoms. The van der Waals surface area contributed by atoms with Crippen LogP contribution in [0.15, 0.2) is 16.9 Å². The van der Waals surface area contributed by atoms with Crippen molar-refractivity contribution in [3.63, 3.8) is 0 Å². The highest BCUT2D eigenvalue weighted by molar-refractivity contribution is 14.1. The SMILES string of the molecule is O=c1ccc2c([nH]1)OC1(CCN(I)C1)C2. The van der Waals surface area contributed by atoms with Crippen molar-refractivity contribution in [2.24, 2.45) is 0 Å². The third-order valence-electron chi connectivity index (χ3n) is 3.07. The summed E-state index contributed by atoms with van der Waals surface area (Å²) in [5, 5.41) is 0. The monoisotopic (exact) mass is 318 g/mol. The van der Waals surface area contributed by atoms with Gasteiger partial charge in [-0.1, -0.05) is 0 Å². The van der Waals surface area contributed by atoms with Gasteiger partial charge in [-0.25, -0.2) is 3.11 Å². The molecule has 0 amide bonds. The number of hydrogen-bond donors (Lipinski definition) is 1. The molecule has 3 rings (SSSR count). The molecule has 1 spiro atoms. The number of aromatic nitrogens is 1. The van der Waals surface area contributed by atoms with Gasteiger partial charge in [0.2, 0.25) is 0 Å². The first kappa shape index (κ1) is 9.65. The standard InChI is InChI=1S/C10H11IN2O2/c11-13-4-3-10(6-13)5-7-1-2-8(14)12-9(7)15-10/h1-2H,3-6H2,(H,12,14). The Hall–Kier alpha value is -0.560. The van der Waals surface area contributed by atoms with Crippen LogP contribution in [0.2, 0.25) is 0 Å². The Morgan fingerprint density at radius 3 is 3.13 bits per heavy atom. The summed E-state index contributed by atoms with van der Waals surface area (Å²) in [5.41, 5.74) is 0.949. The maximum absolute atomic E-state index is 11.1. The molecule has 0 aliphatic carbocycles. The molecule has 0 aromatic carbocycles. The molecule has 15 heavy (non-hydrogen) atoms. The Bertz CT molecular complexity index is 459. The average Bonchev–Trinajstić information content (AvgIpc) is 2.69. The molecule has 4 nitrogen and oxygen atoms in total. The van der Waals surface area contributed by atoms with E-state index in [0.717, 1.165) is 31.5 Å². The van der Waals surface area contributed by atoms with E-state index in [1.165, 1.54) is 0 Å². The van der Waals surface area contributed by atoms with Gasteiger partial charge >= 0.3 is 0 Å². The van der Waals surface area contributed by atoms with Crippen molar-refractivity contribution in [3.8, 4) is 5.88 Å². The second-order valence-corrected chi connectivity index (χ2v) is 5.60. The zero-order valence-corrected chi connectivity index (χ0v) is 10.3. The Morgan fingerprint density at radius 1 is 1.53 bits per heavy atom. The van der Waals surface area contributed by atoms with Crippen molar-refractivity contribution in [2.45, 2.75) is 18.4 Å². The molecule has 1 aromatic heterocycles. The van der Waals surface area contributed by atoms with Crippen LogP contribution in [0.5, 0.6) is 5.88 Å². The molecule has 3 heterocycles. The van der Waals surface area contributed by atoms with E-state index >= 15 is 0 Å². The average molecular weight is 318 g/mol. The van der Waals surface area contributed by atoms with Crippen molar-refractivity contribution in [2.75, 3.05) is 13.1 Å². The maximum Gasteiger partial charge on any atom is 0.250 e. The lowest BCUT2D eigenvalue weighted by Crippen LogP contribution is -2.36. The number of nitrogens with zero attached hydrogens (tertiary/aromatic N) is 1. The Labute approximate surface area is 101 Å². The third-order valence-corrected chi connectivity index (χ3v) is 3.89. The number of nitrogens with one attached hydrogen (secondary N) is 1. The number of pyridine rings is 1. The fourth-order valence-corrected chi connectivity index (χ4v) is 3.20. The summed E-state index contributed by atoms with van der Waals surface area (Å²) in [6.45, 7) is 1.99. The number of fused-ring (bicyclic) bond motifs is 1. The molecule has 0 bridgehead atoms. The van der Waals surface area contributed by atoms with Crippen LogP contribution in [0.1, 0.15) is 12.0 Å². The van der Waals surface area contributed by atoms with Crippen molar-refractivity contribution >= 4 is 22.9 Å². The first-order chi connectivity index (χ1) is 7.17. The van der Waals surface area contributed by atoms with Crippen molar-refractivity contribution in [1.29, 1.82) is 0 Å². The minimum atomic E-state index is -0.0895. The van der Waals surface area contributed by atoms with Crippen molar-refractivity contribution < 1.29 is 4.74 Å². The molecular weight excluding hydrogens is 307 g/mol. The lowest BCUT2D eigenvalue weighted by atomic mass is 9.97. The predicted molar refractivity (Wildman–Crippen MR) is 64.3 cm³/mol. The summed E-state index contributed by atoms with van der Waals surface area (Å²) >= 11 is 2.32. The number of rotatable bonds is 0. The first-order valence-corrected chi connectivity index (χ1v) is 5.95. The minimum Gasteiger partial charge on any atom is -0.470 e. The molecule has 2 aliphatic rings. The van der Waals surface area contributed by atoms with E-state index in [1.807, 2.05) is 6.07 Å². The largest absolute Gasteiger partial charge is 0.470 e. The fourth-order valence-electron chi connectivity index (χ4n) is 2.34. The van der Waals surface area contributed by atoms with Gasteiger partial charge in [0.15, 0.2) is 5.88 Å². The van der Waals surface area contributed by atoms with E-state index in [2.05, 4.69) is 31.0 Å². The zero-order valence-electron chi connectivity index (χ0n) is 8.12. The van der Waals surface area contributed by atoms with E-state index < -0.39 is 0 Å². The van der Waals surface area contributed by atoms with Crippen LogP contribution in [0.4, 0.5) is 0 Å². The van der Waals surface area contributed by atoms with Crippen LogP contribution in [-0.2, 0) is 6.42 Å². The van der Waals surface area contributed by atoms with Crippen LogP contribution in [-0.4, -0.2) is 26.8 Å². The lowest BCUT2D eigenvalue weighted by molar-refractivity contribution is 0.108. The van der Waals surface area contributed by atoms with E-state index in [4.69, 9.17) is 4.74 Å². The van der Waals surface area contributed by atoms with Crippen LogP contribution in [0.3, 0.4) is 0 Å². The Kier molecular flexibility index (Phi) is 2.07. The van der Waals surface area contributed by atoms with E-state index in [0.29, 0.717) is 5.88 Å². The molecular formula is C10H11IN2O2. The highest BCUT2D eigenvalue weighted by Crippen LogP contribution is 2.39. The number of halogens is 1. The maximum atomic E-state index is 11.1. The number of aromatic amines is 1. The van der Waals surface area contributed by atoms with Crippen molar-refractivity contribution in [3.05, 3.63) is 28.0 Å². The normalized spacial score (nSPS) is 29.4. The quantitative estimate of drug-likeness (QED) is 0.576. The van der Waals surface area contributed by atoms with Gasteiger partial charge in [-0.15, -0.1) is 0 Å². The summed E-state index contributed by atoms with van der Waals surface area (Å²) in [6.07, 6.45) is 1.95. The molecule has 1 aromatic rings. The zero-order chi connectivity index (χ0) is 10.5. The second-order valence-electron chi connectivity index (χ2n) is 4.23. The van der Waals surface area contributed by atoms with Gasteiger partial charge in [-0.05, 0) is 6.07 Å². The smallest absolute Gasteiger partial charge is 0.250 e. The summed E-state index contributed by atoms with van der Waals surface area (Å²) < 4.78 is 8.14. The van der Waals surface area contributed by atoms with E-state index in [1.54, 1.807) is 6.07 Å². The summed E-state index contributed by atoms with van der Waals surface area (Å²) in [4.78, 5) is 13.9. The number of ether oxygens (including phenoxy) is 1. The van der Waals surface area contributed by atoms with Crippen molar-refractivity contribution in [1.82, 2.24) is 8.10 Å². The lowest BCUT2D eigenvalue weighted by Gasteiger charge is -2.21. The fraction of sp³-hybridized carbons (Fsp3) is 0.500. The first-order valence-electron chi connectivity index (χ1n) is 4.99. The summed E-state index contributed by atoms with van der Waals surface area (Å²) in [7, 11) is 0. The Balaban J connectivity index is 1.95. The van der Waals surface area contributed by atoms with Gasteiger partial charge in [0.1, 0.15) is 5.60 Å². The van der Waals surface area contributed by atoms with Gasteiger partial charge in [0, 0.05) is 60.4 Å². The van der Waals surface area contributed by atoms with Crippen LogP contribution >= 0.6 is 22.9 Å². The number of hydrogen-bond acceptors (Lipinski definition) is 3. The number of H-pyrrole nitrogens is 1. The Morgan fingerprint density at radius 2 is 2.40 bits per heavy atom. The molecule has 2 aliphatic heterocycles. The molecule has 0 saturated carbocycles. The van der Waals surface area contributed by atoms with Crippen LogP contribution < -0.4 is 10.3 Å². The highest BCUT2D eigenvalue weighted by atomic mass is 127. The minimum absolute atomic E-state index is 0.0878. The van der Waals surface area contributed by atoms with Gasteiger partial charge in [0.05, 0.1) is 0 Å². The molecule has 1 fully saturated rings. The van der Waals surface area contributed by atoms with Crippen LogP contribution in [0.25, 0.3) is 0 Å². The molecule has 1 unspecified atom stereocenters. The van der Waals surface area contributed by atoms with Gasteiger partial charge in [0.25, 0.3) is 5.56 Å². The summed E-state index contributed by atoms with van der Waals surface area (Å²) in [5.74, 6) is 0.675. The van der Waals surface area contributed by atoms with Gasteiger partial charge < -0.3 is 4.74 Å². The molecule has 80 valence electrons. The molecule has 0 radical (unpaired) electrons. The predicted octanol–water partition coefficient (Wildman–Crippen LogP) is 1.10. The molecule has 1 atom stereocenters. The second kappa shape index (κ2) is 3.21. The van der Waals surface area contributed by atoms with Gasteiger partial charge in [-0.2, -0.15) is 0 Å². The topological polar surface area (TPSA) is 45.3 Å². The summed E-state index contributed by atoms with van der Waals surface area (Å²) in [6, 6.07) is 3.44.